The lowest BCUT2D eigenvalue weighted by Gasteiger charge is -2.43. The Hall–Kier alpha value is -2.61. The summed E-state index contributed by atoms with van der Waals surface area (Å²) >= 11 is 0. The number of likely N-dealkylation sites (N-methyl/N-ethyl adjacent to an activating group) is 1. The molecule has 0 saturated carbocycles. The van der Waals surface area contributed by atoms with Gasteiger partial charge in [0.2, 0.25) is 6.79 Å². The van der Waals surface area contributed by atoms with Crippen LogP contribution in [0.2, 0.25) is 0 Å². The minimum atomic E-state index is -0.148. The maximum atomic E-state index is 13.1. The van der Waals surface area contributed by atoms with Gasteiger partial charge in [-0.25, -0.2) is 0 Å². The van der Waals surface area contributed by atoms with Gasteiger partial charge in [-0.2, -0.15) is 0 Å². The summed E-state index contributed by atoms with van der Waals surface area (Å²) in [5, 5.41) is 19.9. The van der Waals surface area contributed by atoms with Gasteiger partial charge in [0.05, 0.1) is 47.4 Å². The van der Waals surface area contributed by atoms with Crippen LogP contribution in [-0.2, 0) is 30.8 Å². The lowest BCUT2D eigenvalue weighted by atomic mass is 9.83. The van der Waals surface area contributed by atoms with Crippen molar-refractivity contribution >= 4 is 5.78 Å². The standard InChI is InChI=1S/C25H32NO6/c1-26(2)9-8-17-11-23-25(32-15-31-23)21(14-28)24(17)22(26)12-19(29)6-4-16-5-7-20(30-3)10-18(16)13-27/h5,7,10-11,22,27-28H,4,6,8-9,12-15H2,1-3H3/q+1. The van der Waals surface area contributed by atoms with E-state index in [-0.39, 0.29) is 31.8 Å². The Bertz CT molecular complexity index is 1020. The van der Waals surface area contributed by atoms with Crippen molar-refractivity contribution in [2.45, 2.75) is 44.9 Å². The number of ether oxygens (including phenoxy) is 3. The Kier molecular flexibility index (Phi) is 6.42. The van der Waals surface area contributed by atoms with Gasteiger partial charge in [-0.3, -0.25) is 4.79 Å². The molecule has 0 fully saturated rings. The van der Waals surface area contributed by atoms with Crippen LogP contribution in [0, 0.1) is 0 Å². The second-order valence-electron chi connectivity index (χ2n) is 9.12. The van der Waals surface area contributed by atoms with Gasteiger partial charge in [0.25, 0.3) is 0 Å². The maximum absolute atomic E-state index is 13.1. The van der Waals surface area contributed by atoms with Gasteiger partial charge < -0.3 is 28.9 Å². The molecule has 2 aliphatic heterocycles. The van der Waals surface area contributed by atoms with Crippen molar-refractivity contribution in [2.75, 3.05) is 34.5 Å². The molecule has 7 heteroatoms. The van der Waals surface area contributed by atoms with E-state index in [1.165, 1.54) is 0 Å². The van der Waals surface area contributed by atoms with Crippen LogP contribution in [0.3, 0.4) is 0 Å². The highest BCUT2D eigenvalue weighted by molar-refractivity contribution is 5.79. The number of quaternary nitrogens is 1. The number of methoxy groups -OCH3 is 1. The summed E-state index contributed by atoms with van der Waals surface area (Å²) in [6.45, 7) is 0.823. The average molecular weight is 443 g/mol. The van der Waals surface area contributed by atoms with Crippen LogP contribution in [0.5, 0.6) is 17.2 Å². The lowest BCUT2D eigenvalue weighted by Crippen LogP contribution is -2.49. The molecule has 2 heterocycles. The smallest absolute Gasteiger partial charge is 0.231 e. The highest BCUT2D eigenvalue weighted by atomic mass is 16.7. The Morgan fingerprint density at radius 3 is 2.69 bits per heavy atom. The molecular weight excluding hydrogens is 410 g/mol. The van der Waals surface area contributed by atoms with E-state index in [2.05, 4.69) is 14.1 Å². The van der Waals surface area contributed by atoms with Crippen molar-refractivity contribution in [3.63, 3.8) is 0 Å². The molecule has 1 unspecified atom stereocenters. The monoisotopic (exact) mass is 442 g/mol. The van der Waals surface area contributed by atoms with Gasteiger partial charge in [0.1, 0.15) is 17.6 Å². The fourth-order valence-electron chi connectivity index (χ4n) is 4.94. The van der Waals surface area contributed by atoms with Gasteiger partial charge in [-0.1, -0.05) is 6.07 Å². The topological polar surface area (TPSA) is 85.2 Å². The van der Waals surface area contributed by atoms with E-state index in [0.29, 0.717) is 41.0 Å². The van der Waals surface area contributed by atoms with Crippen LogP contribution in [0.25, 0.3) is 0 Å². The zero-order valence-electron chi connectivity index (χ0n) is 19.0. The van der Waals surface area contributed by atoms with E-state index in [1.807, 2.05) is 24.3 Å². The molecule has 2 aromatic rings. The fourth-order valence-corrected chi connectivity index (χ4v) is 4.94. The SMILES string of the molecule is COc1ccc(CCC(=O)CC2c3c(cc4c(c3CO)OCO4)CC[N+]2(C)C)c(CO)c1. The molecule has 1 atom stereocenters. The van der Waals surface area contributed by atoms with E-state index in [0.717, 1.165) is 40.8 Å². The molecular formula is C25H32NO6+. The Labute approximate surface area is 188 Å². The highest BCUT2D eigenvalue weighted by Crippen LogP contribution is 2.47. The third-order valence-corrected chi connectivity index (χ3v) is 6.86. The van der Waals surface area contributed by atoms with Crippen LogP contribution >= 0.6 is 0 Å². The highest BCUT2D eigenvalue weighted by Gasteiger charge is 2.41. The number of hydrogen-bond donors (Lipinski definition) is 2. The average Bonchev–Trinajstić information content (AvgIpc) is 3.26. The fraction of sp³-hybridized carbons (Fsp3) is 0.480. The van der Waals surface area contributed by atoms with Gasteiger partial charge in [0, 0.05) is 24.0 Å². The molecule has 32 heavy (non-hydrogen) atoms. The van der Waals surface area contributed by atoms with Crippen LogP contribution in [0.15, 0.2) is 24.3 Å². The predicted octanol–water partition coefficient (Wildman–Crippen LogP) is 2.67. The molecule has 0 bridgehead atoms. The summed E-state index contributed by atoms with van der Waals surface area (Å²) in [4.78, 5) is 13.1. The molecule has 2 aliphatic rings. The van der Waals surface area contributed by atoms with Gasteiger partial charge in [0.15, 0.2) is 11.5 Å². The second kappa shape index (κ2) is 9.10. The Morgan fingerprint density at radius 2 is 1.97 bits per heavy atom. The number of Topliss-reactive ketones (excluding diaryl/α,β-unsaturated/α-hetero) is 1. The summed E-state index contributed by atoms with van der Waals surface area (Å²) in [7, 11) is 5.87. The largest absolute Gasteiger partial charge is 0.497 e. The first-order chi connectivity index (χ1) is 15.4. The zero-order valence-corrected chi connectivity index (χ0v) is 19.0. The van der Waals surface area contributed by atoms with Gasteiger partial charge in [-0.15, -0.1) is 0 Å². The molecule has 0 saturated heterocycles. The van der Waals surface area contributed by atoms with E-state index in [9.17, 15) is 15.0 Å². The van der Waals surface area contributed by atoms with E-state index in [1.54, 1.807) is 7.11 Å². The Morgan fingerprint density at radius 1 is 1.16 bits per heavy atom. The van der Waals surface area contributed by atoms with Crippen LogP contribution in [0.4, 0.5) is 0 Å². The maximum Gasteiger partial charge on any atom is 0.231 e. The first-order valence-electron chi connectivity index (χ1n) is 11.0. The first-order valence-corrected chi connectivity index (χ1v) is 11.0. The van der Waals surface area contributed by atoms with Crippen molar-refractivity contribution in [2.24, 2.45) is 0 Å². The number of carbonyl (C=O) groups excluding carboxylic acids is 1. The van der Waals surface area contributed by atoms with Crippen molar-refractivity contribution in [1.82, 2.24) is 0 Å². The minimum Gasteiger partial charge on any atom is -0.497 e. The summed E-state index contributed by atoms with van der Waals surface area (Å²) < 4.78 is 17.1. The molecule has 172 valence electrons. The van der Waals surface area contributed by atoms with Crippen LogP contribution < -0.4 is 14.2 Å². The molecule has 2 N–H and O–H groups in total. The summed E-state index contributed by atoms with van der Waals surface area (Å²) in [6.07, 6.45) is 2.21. The van der Waals surface area contributed by atoms with Crippen LogP contribution in [0.1, 0.15) is 46.7 Å². The molecule has 0 aliphatic carbocycles. The number of hydrogen-bond acceptors (Lipinski definition) is 6. The third kappa shape index (κ3) is 4.20. The number of ketones is 1. The number of aliphatic hydroxyl groups excluding tert-OH is 2. The number of aryl methyl sites for hydroxylation is 1. The molecule has 0 spiro atoms. The lowest BCUT2D eigenvalue weighted by molar-refractivity contribution is -0.922. The van der Waals surface area contributed by atoms with Crippen molar-refractivity contribution in [3.05, 3.63) is 52.1 Å². The Balaban J connectivity index is 1.56. The molecule has 4 rings (SSSR count). The number of fused-ring (bicyclic) bond motifs is 2. The number of carbonyl (C=O) groups is 1. The molecule has 2 aromatic carbocycles. The first kappa shape index (κ1) is 22.6. The minimum absolute atomic E-state index is 0.0592. The number of benzene rings is 2. The molecule has 7 nitrogen and oxygen atoms in total. The zero-order chi connectivity index (χ0) is 22.9. The van der Waals surface area contributed by atoms with Crippen molar-refractivity contribution in [3.8, 4) is 17.2 Å². The van der Waals surface area contributed by atoms with Gasteiger partial charge in [-0.05, 0) is 41.3 Å². The quantitative estimate of drug-likeness (QED) is 0.612. The van der Waals surface area contributed by atoms with Crippen LogP contribution in [-0.4, -0.2) is 55.0 Å². The van der Waals surface area contributed by atoms with Crippen molar-refractivity contribution < 1.29 is 33.7 Å². The second-order valence-corrected chi connectivity index (χ2v) is 9.12. The summed E-state index contributed by atoms with van der Waals surface area (Å²) in [5.74, 6) is 2.14. The summed E-state index contributed by atoms with van der Waals surface area (Å²) in [5.41, 5.74) is 4.65. The number of rotatable bonds is 8. The van der Waals surface area contributed by atoms with Gasteiger partial charge >= 0.3 is 0 Å². The van der Waals surface area contributed by atoms with E-state index < -0.39 is 0 Å². The van der Waals surface area contributed by atoms with Crippen molar-refractivity contribution in [1.29, 1.82) is 0 Å². The molecule has 0 radical (unpaired) electrons. The number of aliphatic hydroxyl groups is 2. The van der Waals surface area contributed by atoms with E-state index >= 15 is 0 Å². The molecule has 0 aromatic heterocycles. The third-order valence-electron chi connectivity index (χ3n) is 6.86. The van der Waals surface area contributed by atoms with E-state index in [4.69, 9.17) is 14.2 Å². The predicted molar refractivity (Wildman–Crippen MR) is 119 cm³/mol. The molecule has 0 amide bonds. The normalized spacial score (nSPS) is 18.3. The summed E-state index contributed by atoms with van der Waals surface area (Å²) in [6, 6.07) is 7.53. The number of nitrogens with zero attached hydrogens (tertiary/aromatic N) is 1.